The van der Waals surface area contributed by atoms with Crippen LogP contribution in [-0.2, 0) is 11.3 Å². The van der Waals surface area contributed by atoms with Crippen molar-refractivity contribution in [3.63, 3.8) is 0 Å². The Hall–Kier alpha value is -2.04. The molecular formula is C18H30N4O. The van der Waals surface area contributed by atoms with Gasteiger partial charge in [0.15, 0.2) is 5.96 Å². The fraction of sp³-hybridized carbons (Fsp3) is 0.556. The average molecular weight is 318 g/mol. The van der Waals surface area contributed by atoms with Crippen molar-refractivity contribution in [1.29, 1.82) is 0 Å². The van der Waals surface area contributed by atoms with E-state index in [9.17, 15) is 4.79 Å². The fourth-order valence-corrected chi connectivity index (χ4v) is 2.22. The smallest absolute Gasteiger partial charge is 0.239 e. The molecule has 0 radical (unpaired) electrons. The minimum Gasteiger partial charge on any atom is -0.354 e. The normalized spacial score (nSPS) is 12.6. The summed E-state index contributed by atoms with van der Waals surface area (Å²) in [5.74, 6) is 0.624. The van der Waals surface area contributed by atoms with E-state index in [0.717, 1.165) is 12.0 Å². The van der Waals surface area contributed by atoms with Crippen LogP contribution in [0, 0.1) is 0 Å². The number of carbonyl (C=O) groups is 1. The third kappa shape index (κ3) is 8.86. The Morgan fingerprint density at radius 2 is 1.91 bits per heavy atom. The third-order valence-corrected chi connectivity index (χ3v) is 3.60. The number of hydrogen-bond donors (Lipinski definition) is 3. The first-order valence-corrected chi connectivity index (χ1v) is 8.43. The Bertz CT molecular complexity index is 473. The molecule has 0 heterocycles. The molecule has 0 saturated carbocycles. The summed E-state index contributed by atoms with van der Waals surface area (Å²) in [5, 5.41) is 9.26. The molecule has 23 heavy (non-hydrogen) atoms. The number of unbranched alkanes of at least 4 members (excludes halogenated alkanes) is 2. The molecule has 0 fully saturated rings. The Morgan fingerprint density at radius 1 is 1.17 bits per heavy atom. The molecule has 1 aromatic carbocycles. The second-order valence-electron chi connectivity index (χ2n) is 5.73. The standard InChI is InChI=1S/C18H30N4O/c1-4-5-7-10-15(2)22-18(19-3)21-14-17(23)20-13-16-11-8-6-9-12-16/h6,8-9,11-12,15H,4-5,7,10,13-14H2,1-3H3,(H,20,23)(H2,19,21,22). The zero-order chi connectivity index (χ0) is 16.9. The number of benzene rings is 1. The Morgan fingerprint density at radius 3 is 2.57 bits per heavy atom. The van der Waals surface area contributed by atoms with Gasteiger partial charge < -0.3 is 16.0 Å². The summed E-state index contributed by atoms with van der Waals surface area (Å²) in [7, 11) is 1.72. The Labute approximate surface area is 140 Å². The van der Waals surface area contributed by atoms with Crippen LogP contribution in [0.2, 0.25) is 0 Å². The second kappa shape index (κ2) is 11.5. The van der Waals surface area contributed by atoms with E-state index in [1.807, 2.05) is 30.3 Å². The van der Waals surface area contributed by atoms with E-state index < -0.39 is 0 Å². The number of amides is 1. The second-order valence-corrected chi connectivity index (χ2v) is 5.73. The number of carbonyl (C=O) groups excluding carboxylic acids is 1. The zero-order valence-electron chi connectivity index (χ0n) is 14.6. The lowest BCUT2D eigenvalue weighted by Gasteiger charge is -2.17. The molecule has 128 valence electrons. The molecule has 1 rings (SSSR count). The maximum absolute atomic E-state index is 11.9. The first kappa shape index (κ1) is 19.0. The maximum Gasteiger partial charge on any atom is 0.239 e. The molecule has 0 aromatic heterocycles. The van der Waals surface area contributed by atoms with E-state index in [0.29, 0.717) is 18.5 Å². The van der Waals surface area contributed by atoms with Gasteiger partial charge in [-0.2, -0.15) is 0 Å². The van der Waals surface area contributed by atoms with Gasteiger partial charge >= 0.3 is 0 Å². The van der Waals surface area contributed by atoms with Gasteiger partial charge in [-0.15, -0.1) is 0 Å². The summed E-state index contributed by atoms with van der Waals surface area (Å²) in [6.45, 7) is 5.10. The molecule has 5 nitrogen and oxygen atoms in total. The van der Waals surface area contributed by atoms with Crippen molar-refractivity contribution in [1.82, 2.24) is 16.0 Å². The van der Waals surface area contributed by atoms with Crippen LogP contribution in [0.4, 0.5) is 0 Å². The molecule has 0 spiro atoms. The molecular weight excluding hydrogens is 288 g/mol. The summed E-state index contributed by atoms with van der Waals surface area (Å²) < 4.78 is 0. The van der Waals surface area contributed by atoms with Crippen LogP contribution >= 0.6 is 0 Å². The summed E-state index contributed by atoms with van der Waals surface area (Å²) >= 11 is 0. The monoisotopic (exact) mass is 318 g/mol. The van der Waals surface area contributed by atoms with Gasteiger partial charge in [-0.3, -0.25) is 9.79 Å². The summed E-state index contributed by atoms with van der Waals surface area (Å²) in [6, 6.07) is 10.2. The van der Waals surface area contributed by atoms with Gasteiger partial charge in [0.05, 0.1) is 6.54 Å². The van der Waals surface area contributed by atoms with Crippen LogP contribution < -0.4 is 16.0 Å². The van der Waals surface area contributed by atoms with Gasteiger partial charge in [0.2, 0.25) is 5.91 Å². The number of rotatable bonds is 9. The van der Waals surface area contributed by atoms with E-state index in [-0.39, 0.29) is 12.5 Å². The SMILES string of the molecule is CCCCCC(C)NC(=NC)NCC(=O)NCc1ccccc1. The Balaban J connectivity index is 2.24. The molecule has 0 bridgehead atoms. The number of nitrogens with zero attached hydrogens (tertiary/aromatic N) is 1. The quantitative estimate of drug-likeness (QED) is 0.372. The van der Waals surface area contributed by atoms with Gasteiger partial charge in [-0.25, -0.2) is 0 Å². The number of hydrogen-bond acceptors (Lipinski definition) is 2. The fourth-order valence-electron chi connectivity index (χ4n) is 2.22. The highest BCUT2D eigenvalue weighted by atomic mass is 16.1. The Kier molecular flexibility index (Phi) is 9.52. The van der Waals surface area contributed by atoms with Crippen molar-refractivity contribution in [3.8, 4) is 0 Å². The minimum absolute atomic E-state index is 0.0459. The lowest BCUT2D eigenvalue weighted by molar-refractivity contribution is -0.120. The van der Waals surface area contributed by atoms with Gasteiger partial charge in [-0.1, -0.05) is 56.5 Å². The van der Waals surface area contributed by atoms with E-state index in [1.165, 1.54) is 19.3 Å². The molecule has 0 aliphatic heterocycles. The summed E-state index contributed by atoms with van der Waals surface area (Å²) in [6.07, 6.45) is 4.79. The highest BCUT2D eigenvalue weighted by molar-refractivity contribution is 5.86. The highest BCUT2D eigenvalue weighted by Gasteiger charge is 2.07. The maximum atomic E-state index is 11.9. The van der Waals surface area contributed by atoms with E-state index in [2.05, 4.69) is 34.8 Å². The molecule has 1 amide bonds. The van der Waals surface area contributed by atoms with Crippen molar-refractivity contribution < 1.29 is 4.79 Å². The van der Waals surface area contributed by atoms with Gasteiger partial charge in [0, 0.05) is 19.6 Å². The van der Waals surface area contributed by atoms with Crippen molar-refractivity contribution >= 4 is 11.9 Å². The van der Waals surface area contributed by atoms with Crippen LogP contribution in [0.15, 0.2) is 35.3 Å². The molecule has 1 unspecified atom stereocenters. The molecule has 0 aliphatic carbocycles. The average Bonchev–Trinajstić information content (AvgIpc) is 2.57. The van der Waals surface area contributed by atoms with Crippen LogP contribution in [0.3, 0.4) is 0 Å². The van der Waals surface area contributed by atoms with Crippen molar-refractivity contribution in [2.45, 2.75) is 52.1 Å². The van der Waals surface area contributed by atoms with Gasteiger partial charge in [0.25, 0.3) is 0 Å². The van der Waals surface area contributed by atoms with E-state index in [4.69, 9.17) is 0 Å². The summed E-state index contributed by atoms with van der Waals surface area (Å²) in [5.41, 5.74) is 1.09. The topological polar surface area (TPSA) is 65.5 Å². The predicted octanol–water partition coefficient (Wildman–Crippen LogP) is 2.44. The van der Waals surface area contributed by atoms with Gasteiger partial charge in [0.1, 0.15) is 0 Å². The van der Waals surface area contributed by atoms with Crippen molar-refractivity contribution in [3.05, 3.63) is 35.9 Å². The highest BCUT2D eigenvalue weighted by Crippen LogP contribution is 2.02. The molecule has 0 saturated heterocycles. The van der Waals surface area contributed by atoms with E-state index in [1.54, 1.807) is 7.05 Å². The lowest BCUT2D eigenvalue weighted by Crippen LogP contribution is -2.45. The van der Waals surface area contributed by atoms with Crippen molar-refractivity contribution in [2.24, 2.45) is 4.99 Å². The lowest BCUT2D eigenvalue weighted by atomic mass is 10.1. The molecule has 1 aromatic rings. The number of guanidine groups is 1. The summed E-state index contributed by atoms with van der Waals surface area (Å²) in [4.78, 5) is 16.0. The first-order valence-electron chi connectivity index (χ1n) is 8.43. The van der Waals surface area contributed by atoms with Gasteiger partial charge in [-0.05, 0) is 18.9 Å². The molecule has 0 aliphatic rings. The minimum atomic E-state index is -0.0459. The predicted molar refractivity (Wildman–Crippen MR) is 96.4 cm³/mol. The van der Waals surface area contributed by atoms with Crippen molar-refractivity contribution in [2.75, 3.05) is 13.6 Å². The molecule has 5 heteroatoms. The van der Waals surface area contributed by atoms with Crippen LogP contribution in [0.1, 0.15) is 45.1 Å². The zero-order valence-corrected chi connectivity index (χ0v) is 14.6. The third-order valence-electron chi connectivity index (χ3n) is 3.60. The number of aliphatic imine (C=N–C) groups is 1. The number of nitrogens with one attached hydrogen (secondary N) is 3. The molecule has 3 N–H and O–H groups in total. The van der Waals surface area contributed by atoms with Crippen LogP contribution in [0.25, 0.3) is 0 Å². The largest absolute Gasteiger partial charge is 0.354 e. The van der Waals surface area contributed by atoms with E-state index >= 15 is 0 Å². The molecule has 1 atom stereocenters. The van der Waals surface area contributed by atoms with Crippen LogP contribution in [0.5, 0.6) is 0 Å². The first-order chi connectivity index (χ1) is 11.2. The van der Waals surface area contributed by atoms with Crippen LogP contribution in [-0.4, -0.2) is 31.5 Å².